The van der Waals surface area contributed by atoms with Crippen LogP contribution in [0.1, 0.15) is 16.1 Å². The lowest BCUT2D eigenvalue weighted by atomic mass is 10.2. The Bertz CT molecular complexity index is 1320. The second kappa shape index (κ2) is 8.99. The highest BCUT2D eigenvalue weighted by molar-refractivity contribution is 7.99. The minimum Gasteiger partial charge on any atom is -0.325 e. The minimum absolute atomic E-state index is 0.0278. The van der Waals surface area contributed by atoms with Gasteiger partial charge in [0.05, 0.1) is 23.4 Å². The second-order valence-electron chi connectivity index (χ2n) is 6.92. The molecule has 158 valence electrons. The SMILES string of the molecule is Cc1sc2nc(SCC(=O)Nc3cccc(F)c3)n(Cc3ccccn3)c(=O)c2c1C. The van der Waals surface area contributed by atoms with Gasteiger partial charge < -0.3 is 5.32 Å². The Morgan fingerprint density at radius 1 is 1.23 bits per heavy atom. The lowest BCUT2D eigenvalue weighted by Crippen LogP contribution is -2.25. The van der Waals surface area contributed by atoms with Gasteiger partial charge in [0.1, 0.15) is 10.6 Å². The summed E-state index contributed by atoms with van der Waals surface area (Å²) in [6.07, 6.45) is 1.67. The number of carbonyl (C=O) groups is 1. The summed E-state index contributed by atoms with van der Waals surface area (Å²) >= 11 is 2.63. The number of pyridine rings is 1. The van der Waals surface area contributed by atoms with Gasteiger partial charge in [0, 0.05) is 16.8 Å². The van der Waals surface area contributed by atoms with Gasteiger partial charge in [-0.05, 0) is 49.7 Å². The number of rotatable bonds is 6. The van der Waals surface area contributed by atoms with Crippen molar-refractivity contribution in [1.29, 1.82) is 0 Å². The summed E-state index contributed by atoms with van der Waals surface area (Å²) in [6, 6.07) is 11.2. The molecule has 9 heteroatoms. The van der Waals surface area contributed by atoms with E-state index in [4.69, 9.17) is 0 Å². The maximum absolute atomic E-state index is 13.3. The van der Waals surface area contributed by atoms with Crippen LogP contribution in [0.2, 0.25) is 0 Å². The number of hydrogen-bond donors (Lipinski definition) is 1. The van der Waals surface area contributed by atoms with Crippen LogP contribution in [0, 0.1) is 19.7 Å². The largest absolute Gasteiger partial charge is 0.325 e. The zero-order valence-electron chi connectivity index (χ0n) is 16.9. The van der Waals surface area contributed by atoms with E-state index in [0.717, 1.165) is 16.1 Å². The standard InChI is InChI=1S/C22H19FN4O2S2/c1-13-14(2)31-20-19(13)21(29)27(11-17-7-3-4-9-24-17)22(26-20)30-12-18(28)25-16-8-5-6-15(23)10-16/h3-10H,11-12H2,1-2H3,(H,25,28). The minimum atomic E-state index is -0.426. The van der Waals surface area contributed by atoms with Crippen LogP contribution < -0.4 is 10.9 Å². The maximum atomic E-state index is 13.3. The number of amides is 1. The molecule has 0 aliphatic carbocycles. The monoisotopic (exact) mass is 454 g/mol. The Morgan fingerprint density at radius 3 is 2.81 bits per heavy atom. The summed E-state index contributed by atoms with van der Waals surface area (Å²) < 4.78 is 14.9. The van der Waals surface area contributed by atoms with Gasteiger partial charge in [-0.3, -0.25) is 19.1 Å². The predicted molar refractivity (Wildman–Crippen MR) is 122 cm³/mol. The predicted octanol–water partition coefficient (Wildman–Crippen LogP) is 4.39. The number of halogens is 1. The summed E-state index contributed by atoms with van der Waals surface area (Å²) in [6.45, 7) is 4.13. The molecule has 1 aromatic carbocycles. The highest BCUT2D eigenvalue weighted by atomic mass is 32.2. The number of fused-ring (bicyclic) bond motifs is 1. The molecule has 4 rings (SSSR count). The molecule has 0 aliphatic rings. The Hall–Kier alpha value is -3.04. The number of carbonyl (C=O) groups excluding carboxylic acids is 1. The Labute approximate surface area is 186 Å². The molecule has 3 heterocycles. The first-order chi connectivity index (χ1) is 14.9. The van der Waals surface area contributed by atoms with E-state index >= 15 is 0 Å². The number of thioether (sulfide) groups is 1. The number of aryl methyl sites for hydroxylation is 2. The molecule has 31 heavy (non-hydrogen) atoms. The van der Waals surface area contributed by atoms with Gasteiger partial charge in [-0.15, -0.1) is 11.3 Å². The Balaban J connectivity index is 1.64. The molecular weight excluding hydrogens is 435 g/mol. The van der Waals surface area contributed by atoms with E-state index < -0.39 is 5.82 Å². The van der Waals surface area contributed by atoms with Crippen molar-refractivity contribution in [3.05, 3.63) is 81.0 Å². The second-order valence-corrected chi connectivity index (χ2v) is 9.06. The molecule has 4 aromatic rings. The number of nitrogens with one attached hydrogen (secondary N) is 1. The highest BCUT2D eigenvalue weighted by Gasteiger charge is 2.18. The molecule has 0 unspecified atom stereocenters. The third-order valence-electron chi connectivity index (χ3n) is 4.74. The summed E-state index contributed by atoms with van der Waals surface area (Å²) in [5, 5.41) is 3.71. The van der Waals surface area contributed by atoms with Crippen molar-refractivity contribution < 1.29 is 9.18 Å². The molecular formula is C22H19FN4O2S2. The molecule has 0 fully saturated rings. The normalized spacial score (nSPS) is 11.1. The lowest BCUT2D eigenvalue weighted by Gasteiger charge is -2.12. The number of thiophene rings is 1. The van der Waals surface area contributed by atoms with Crippen LogP contribution in [0.5, 0.6) is 0 Å². The zero-order valence-corrected chi connectivity index (χ0v) is 18.5. The quantitative estimate of drug-likeness (QED) is 0.345. The van der Waals surface area contributed by atoms with Gasteiger partial charge in [-0.2, -0.15) is 0 Å². The van der Waals surface area contributed by atoms with Crippen molar-refractivity contribution in [3.63, 3.8) is 0 Å². The van der Waals surface area contributed by atoms with Gasteiger partial charge in [0.2, 0.25) is 5.91 Å². The van der Waals surface area contributed by atoms with Gasteiger partial charge in [0.15, 0.2) is 5.16 Å². The zero-order chi connectivity index (χ0) is 22.0. The van der Waals surface area contributed by atoms with Crippen LogP contribution >= 0.6 is 23.1 Å². The molecule has 0 saturated carbocycles. The van der Waals surface area contributed by atoms with Gasteiger partial charge in [0.25, 0.3) is 5.56 Å². The van der Waals surface area contributed by atoms with E-state index in [2.05, 4.69) is 15.3 Å². The van der Waals surface area contributed by atoms with E-state index in [1.54, 1.807) is 16.8 Å². The number of nitrogens with zero attached hydrogens (tertiary/aromatic N) is 3. The molecule has 0 bridgehead atoms. The van der Waals surface area contributed by atoms with Crippen LogP contribution in [0.4, 0.5) is 10.1 Å². The lowest BCUT2D eigenvalue weighted by molar-refractivity contribution is -0.113. The van der Waals surface area contributed by atoms with Crippen LogP contribution in [-0.2, 0) is 11.3 Å². The molecule has 0 aliphatic heterocycles. The summed E-state index contributed by atoms with van der Waals surface area (Å²) in [5.74, 6) is -0.710. The smallest absolute Gasteiger partial charge is 0.263 e. The molecule has 3 aromatic heterocycles. The topological polar surface area (TPSA) is 76.9 Å². The van der Waals surface area contributed by atoms with Crippen molar-refractivity contribution in [2.45, 2.75) is 25.5 Å². The van der Waals surface area contributed by atoms with Gasteiger partial charge in [-0.1, -0.05) is 23.9 Å². The van der Waals surface area contributed by atoms with E-state index in [0.29, 0.717) is 21.1 Å². The van der Waals surface area contributed by atoms with Gasteiger partial charge in [-0.25, -0.2) is 9.37 Å². The molecule has 0 atom stereocenters. The third-order valence-corrected chi connectivity index (χ3v) is 6.82. The number of benzene rings is 1. The van der Waals surface area contributed by atoms with E-state index in [-0.39, 0.29) is 23.8 Å². The van der Waals surface area contributed by atoms with Crippen LogP contribution in [0.15, 0.2) is 58.6 Å². The van der Waals surface area contributed by atoms with E-state index in [1.165, 1.54) is 41.3 Å². The highest BCUT2D eigenvalue weighted by Crippen LogP contribution is 2.28. The van der Waals surface area contributed by atoms with Crippen LogP contribution in [-0.4, -0.2) is 26.2 Å². The number of aromatic nitrogens is 3. The van der Waals surface area contributed by atoms with Gasteiger partial charge >= 0.3 is 0 Å². The van der Waals surface area contributed by atoms with Crippen molar-refractivity contribution in [1.82, 2.24) is 14.5 Å². The van der Waals surface area contributed by atoms with Crippen LogP contribution in [0.3, 0.4) is 0 Å². The molecule has 0 saturated heterocycles. The fourth-order valence-electron chi connectivity index (χ4n) is 3.11. The number of anilines is 1. The first kappa shape index (κ1) is 21.2. The van der Waals surface area contributed by atoms with Crippen molar-refractivity contribution in [3.8, 4) is 0 Å². The average Bonchev–Trinajstić information content (AvgIpc) is 3.03. The van der Waals surface area contributed by atoms with Crippen molar-refractivity contribution in [2.75, 3.05) is 11.1 Å². The van der Waals surface area contributed by atoms with Crippen molar-refractivity contribution >= 4 is 44.9 Å². The third kappa shape index (κ3) is 4.67. The number of hydrogen-bond acceptors (Lipinski definition) is 6. The maximum Gasteiger partial charge on any atom is 0.263 e. The van der Waals surface area contributed by atoms with Crippen LogP contribution in [0.25, 0.3) is 10.2 Å². The first-order valence-corrected chi connectivity index (χ1v) is 11.3. The molecule has 0 spiro atoms. The first-order valence-electron chi connectivity index (χ1n) is 9.51. The van der Waals surface area contributed by atoms with Crippen molar-refractivity contribution in [2.24, 2.45) is 0 Å². The summed E-state index contributed by atoms with van der Waals surface area (Å²) in [5.41, 5.74) is 1.88. The Kier molecular flexibility index (Phi) is 6.15. The molecule has 0 radical (unpaired) electrons. The van der Waals surface area contributed by atoms with E-state index in [9.17, 15) is 14.0 Å². The fourth-order valence-corrected chi connectivity index (χ4v) is 4.97. The van der Waals surface area contributed by atoms with E-state index in [1.807, 2.05) is 32.0 Å². The molecule has 6 nitrogen and oxygen atoms in total. The molecule has 1 amide bonds. The Morgan fingerprint density at radius 2 is 2.06 bits per heavy atom. The fraction of sp³-hybridized carbons (Fsp3) is 0.182. The average molecular weight is 455 g/mol. The summed E-state index contributed by atoms with van der Waals surface area (Å²) in [7, 11) is 0. The summed E-state index contributed by atoms with van der Waals surface area (Å²) in [4.78, 5) is 36.4. The molecule has 1 N–H and O–H groups in total.